The minimum Gasteiger partial charge on any atom is -0.457 e. The van der Waals surface area contributed by atoms with E-state index in [9.17, 15) is 4.79 Å². The highest BCUT2D eigenvalue weighted by atomic mass is 79.9. The number of amides is 1. The van der Waals surface area contributed by atoms with Crippen LogP contribution in [0.1, 0.15) is 11.3 Å². The van der Waals surface area contributed by atoms with Gasteiger partial charge >= 0.3 is 0 Å². The number of rotatable bonds is 5. The molecule has 5 nitrogen and oxygen atoms in total. The fraction of sp³-hybridized carbons (Fsp3) is 0.0323. The number of carbonyl (C=O) groups is 1. The number of nitrogens with one attached hydrogen (secondary N) is 1. The molecule has 6 rings (SSSR count). The molecule has 1 amide bonds. The van der Waals surface area contributed by atoms with Crippen LogP contribution in [0, 0.1) is 6.92 Å². The number of hydrogen-bond donors (Lipinski definition) is 1. The summed E-state index contributed by atoms with van der Waals surface area (Å²) in [5.41, 5.74) is 4.68. The van der Waals surface area contributed by atoms with Gasteiger partial charge in [0.05, 0.1) is 0 Å². The number of furan rings is 1. The van der Waals surface area contributed by atoms with E-state index in [1.807, 2.05) is 73.7 Å². The Morgan fingerprint density at radius 3 is 2.66 bits per heavy atom. The number of oxazole rings is 1. The lowest BCUT2D eigenvalue weighted by Gasteiger charge is -2.04. The van der Waals surface area contributed by atoms with Crippen LogP contribution in [0.2, 0.25) is 5.02 Å². The van der Waals surface area contributed by atoms with Gasteiger partial charge in [0, 0.05) is 32.4 Å². The summed E-state index contributed by atoms with van der Waals surface area (Å²) in [6, 6.07) is 26.8. The Labute approximate surface area is 231 Å². The molecule has 0 unspecified atom stereocenters. The molecule has 4 aromatic carbocycles. The summed E-state index contributed by atoms with van der Waals surface area (Å²) in [4.78, 5) is 17.3. The minimum absolute atomic E-state index is 0.289. The maximum atomic E-state index is 12.6. The van der Waals surface area contributed by atoms with Gasteiger partial charge < -0.3 is 14.2 Å². The van der Waals surface area contributed by atoms with Crippen LogP contribution in [0.3, 0.4) is 0 Å². The quantitative estimate of drug-likeness (QED) is 0.205. The van der Waals surface area contributed by atoms with Crippen molar-refractivity contribution in [2.75, 3.05) is 5.32 Å². The van der Waals surface area contributed by atoms with Gasteiger partial charge in [0.2, 0.25) is 11.8 Å². The van der Waals surface area contributed by atoms with E-state index in [4.69, 9.17) is 25.4 Å². The molecule has 0 radical (unpaired) electrons. The van der Waals surface area contributed by atoms with E-state index in [2.05, 4.69) is 21.2 Å². The maximum absolute atomic E-state index is 12.6. The van der Waals surface area contributed by atoms with Crippen molar-refractivity contribution in [3.05, 3.63) is 112 Å². The number of anilines is 1. The third-order valence-electron chi connectivity index (χ3n) is 6.24. The molecule has 2 aromatic heterocycles. The molecular weight excluding hydrogens is 564 g/mol. The van der Waals surface area contributed by atoms with Crippen LogP contribution in [0.5, 0.6) is 0 Å². The smallest absolute Gasteiger partial charge is 0.248 e. The van der Waals surface area contributed by atoms with Crippen molar-refractivity contribution in [1.29, 1.82) is 0 Å². The minimum atomic E-state index is -0.289. The lowest BCUT2D eigenvalue weighted by atomic mass is 10.0. The largest absolute Gasteiger partial charge is 0.457 e. The van der Waals surface area contributed by atoms with Crippen molar-refractivity contribution in [3.63, 3.8) is 0 Å². The molecule has 1 N–H and O–H groups in total. The lowest BCUT2D eigenvalue weighted by Crippen LogP contribution is -2.07. The summed E-state index contributed by atoms with van der Waals surface area (Å²) in [5.74, 6) is 1.47. The monoisotopic (exact) mass is 582 g/mol. The Morgan fingerprint density at radius 2 is 1.79 bits per heavy atom. The number of aromatic nitrogens is 1. The number of hydrogen-bond acceptors (Lipinski definition) is 4. The Balaban J connectivity index is 1.19. The van der Waals surface area contributed by atoms with E-state index in [0.29, 0.717) is 39.2 Å². The van der Waals surface area contributed by atoms with Gasteiger partial charge in [-0.1, -0.05) is 63.9 Å². The van der Waals surface area contributed by atoms with Crippen LogP contribution in [0.15, 0.2) is 104 Å². The Bertz CT molecular complexity index is 1870. The average molecular weight is 584 g/mol. The van der Waals surface area contributed by atoms with Crippen molar-refractivity contribution in [1.82, 2.24) is 4.98 Å². The zero-order chi connectivity index (χ0) is 26.2. The van der Waals surface area contributed by atoms with Gasteiger partial charge in [0.25, 0.3) is 0 Å². The van der Waals surface area contributed by atoms with Crippen molar-refractivity contribution in [3.8, 4) is 22.8 Å². The second-order valence-corrected chi connectivity index (χ2v) is 10.1. The van der Waals surface area contributed by atoms with Crippen LogP contribution in [-0.2, 0) is 4.79 Å². The highest BCUT2D eigenvalue weighted by Gasteiger charge is 2.13. The van der Waals surface area contributed by atoms with Gasteiger partial charge in [-0.25, -0.2) is 4.98 Å². The van der Waals surface area contributed by atoms with Gasteiger partial charge in [-0.15, -0.1) is 0 Å². The molecule has 0 saturated carbocycles. The van der Waals surface area contributed by atoms with E-state index in [0.717, 1.165) is 31.9 Å². The van der Waals surface area contributed by atoms with Gasteiger partial charge in [-0.05, 0) is 77.9 Å². The molecule has 0 bridgehead atoms. The molecule has 7 heteroatoms. The summed E-state index contributed by atoms with van der Waals surface area (Å²) in [7, 11) is 0. The summed E-state index contributed by atoms with van der Waals surface area (Å²) >= 11 is 9.83. The number of halogens is 2. The van der Waals surface area contributed by atoms with E-state index in [1.54, 1.807) is 24.3 Å². The lowest BCUT2D eigenvalue weighted by molar-refractivity contribution is -0.111. The molecule has 0 spiro atoms. The van der Waals surface area contributed by atoms with Crippen LogP contribution >= 0.6 is 27.5 Å². The van der Waals surface area contributed by atoms with Gasteiger partial charge in [-0.2, -0.15) is 0 Å². The van der Waals surface area contributed by atoms with Crippen LogP contribution in [0.25, 0.3) is 50.7 Å². The summed E-state index contributed by atoms with van der Waals surface area (Å²) < 4.78 is 12.9. The third kappa shape index (κ3) is 4.76. The third-order valence-corrected chi connectivity index (χ3v) is 7.34. The molecule has 186 valence electrons. The first kappa shape index (κ1) is 24.2. The van der Waals surface area contributed by atoms with Crippen LogP contribution < -0.4 is 5.32 Å². The average Bonchev–Trinajstić information content (AvgIpc) is 3.56. The Morgan fingerprint density at radius 1 is 0.947 bits per heavy atom. The van der Waals surface area contributed by atoms with Crippen LogP contribution in [-0.4, -0.2) is 10.9 Å². The SMILES string of the molecule is Cc1ccc(-c2ccc(/C=C/C(=O)Nc3ccc4oc(-c5cccc6c(Br)cccc56)nc4c3)o2)cc1Cl. The molecule has 38 heavy (non-hydrogen) atoms. The predicted molar refractivity (Wildman–Crippen MR) is 156 cm³/mol. The van der Waals surface area contributed by atoms with Crippen molar-refractivity contribution >= 4 is 67.1 Å². The summed E-state index contributed by atoms with van der Waals surface area (Å²) in [5, 5.41) is 5.67. The van der Waals surface area contributed by atoms with Gasteiger partial charge in [0.1, 0.15) is 17.0 Å². The van der Waals surface area contributed by atoms with Gasteiger partial charge in [0.15, 0.2) is 5.58 Å². The molecular formula is C31H20BrClN2O3. The number of nitrogens with zero attached hydrogens (tertiary/aromatic N) is 1. The number of aryl methyl sites for hydroxylation is 1. The molecule has 0 aliphatic rings. The molecule has 0 atom stereocenters. The second-order valence-electron chi connectivity index (χ2n) is 8.83. The fourth-order valence-corrected chi connectivity index (χ4v) is 4.94. The summed E-state index contributed by atoms with van der Waals surface area (Å²) in [6.45, 7) is 1.95. The Kier molecular flexibility index (Phi) is 6.35. The molecule has 6 aromatic rings. The molecule has 0 fully saturated rings. The van der Waals surface area contributed by atoms with E-state index < -0.39 is 0 Å². The summed E-state index contributed by atoms with van der Waals surface area (Å²) in [6.07, 6.45) is 3.05. The number of benzene rings is 4. The van der Waals surface area contributed by atoms with E-state index in [-0.39, 0.29) is 5.91 Å². The first-order valence-electron chi connectivity index (χ1n) is 11.9. The molecule has 2 heterocycles. The second kappa shape index (κ2) is 9.97. The first-order valence-corrected chi connectivity index (χ1v) is 13.1. The number of carbonyl (C=O) groups excluding carboxylic acids is 1. The highest BCUT2D eigenvalue weighted by Crippen LogP contribution is 2.34. The van der Waals surface area contributed by atoms with Gasteiger partial charge in [-0.3, -0.25) is 4.79 Å². The molecule has 0 aliphatic carbocycles. The van der Waals surface area contributed by atoms with Crippen molar-refractivity contribution < 1.29 is 13.6 Å². The first-order chi connectivity index (χ1) is 18.4. The number of fused-ring (bicyclic) bond motifs is 2. The topological polar surface area (TPSA) is 68.3 Å². The zero-order valence-corrected chi connectivity index (χ0v) is 22.5. The molecule has 0 aliphatic heterocycles. The van der Waals surface area contributed by atoms with E-state index in [1.165, 1.54) is 6.08 Å². The van der Waals surface area contributed by atoms with Crippen molar-refractivity contribution in [2.45, 2.75) is 6.92 Å². The predicted octanol–water partition coefficient (Wildman–Crippen LogP) is 9.28. The molecule has 0 saturated heterocycles. The normalized spacial score (nSPS) is 11.6. The van der Waals surface area contributed by atoms with E-state index >= 15 is 0 Å². The fourth-order valence-electron chi connectivity index (χ4n) is 4.26. The van der Waals surface area contributed by atoms with Crippen LogP contribution in [0.4, 0.5) is 5.69 Å². The zero-order valence-electron chi connectivity index (χ0n) is 20.2. The van der Waals surface area contributed by atoms with Crippen molar-refractivity contribution in [2.24, 2.45) is 0 Å². The Hall–Kier alpha value is -4.13. The highest BCUT2D eigenvalue weighted by molar-refractivity contribution is 9.10. The maximum Gasteiger partial charge on any atom is 0.248 e. The standard InChI is InChI=1S/C31H20BrClN2O3/c1-18-8-9-19(16-26(18)33)28-14-11-21(37-28)12-15-30(36)34-20-10-13-29-27(17-20)35-31(38-29)24-6-2-5-23-22(24)4-3-7-25(23)32/h2-17H,1H3,(H,34,36)/b15-12+.